The number of amides is 1. The molecule has 3 heterocycles. The second-order valence-electron chi connectivity index (χ2n) is 5.47. The Morgan fingerprint density at radius 1 is 1.28 bits per heavy atom. The van der Waals surface area contributed by atoms with Crippen LogP contribution in [0.5, 0.6) is 11.5 Å². The highest BCUT2D eigenvalue weighted by Gasteiger charge is 2.20. The summed E-state index contributed by atoms with van der Waals surface area (Å²) in [5.41, 5.74) is 1.66. The van der Waals surface area contributed by atoms with E-state index in [0.717, 1.165) is 5.56 Å². The molecule has 0 aliphatic carbocycles. The number of aromatic nitrogens is 4. The van der Waals surface area contributed by atoms with E-state index in [2.05, 4.69) is 20.8 Å². The van der Waals surface area contributed by atoms with Crippen molar-refractivity contribution in [3.05, 3.63) is 46.9 Å². The minimum atomic E-state index is -0.251. The van der Waals surface area contributed by atoms with Crippen LogP contribution in [0.3, 0.4) is 0 Å². The number of anilines is 1. The van der Waals surface area contributed by atoms with Gasteiger partial charge in [-0.15, -0.1) is 5.10 Å². The summed E-state index contributed by atoms with van der Waals surface area (Å²) in [6, 6.07) is 7.07. The first-order valence-corrected chi connectivity index (χ1v) is 8.68. The number of carbonyl (C=O) groups is 1. The predicted octanol–water partition coefficient (Wildman–Crippen LogP) is 2.12. The molecular formula is C16H15N5O3S. The van der Waals surface area contributed by atoms with E-state index in [-0.39, 0.29) is 18.4 Å². The summed E-state index contributed by atoms with van der Waals surface area (Å²) in [6.45, 7) is 1.04. The molecule has 1 aromatic carbocycles. The fraction of sp³-hybridized carbons (Fsp3) is 0.250. The molecule has 8 nitrogen and oxygen atoms in total. The molecule has 25 heavy (non-hydrogen) atoms. The van der Waals surface area contributed by atoms with Crippen LogP contribution in [-0.4, -0.2) is 39.3 Å². The first-order valence-electron chi connectivity index (χ1n) is 7.73. The van der Waals surface area contributed by atoms with Crippen molar-refractivity contribution in [1.82, 2.24) is 20.2 Å². The molecule has 4 rings (SSSR count). The third kappa shape index (κ3) is 3.45. The Bertz CT molecular complexity index is 817. The Labute approximate surface area is 147 Å². The van der Waals surface area contributed by atoms with Gasteiger partial charge in [-0.1, -0.05) is 0 Å². The van der Waals surface area contributed by atoms with Gasteiger partial charge in [0, 0.05) is 11.8 Å². The Hall–Kier alpha value is -2.94. The molecule has 128 valence electrons. The fourth-order valence-corrected chi connectivity index (χ4v) is 3.36. The zero-order chi connectivity index (χ0) is 17.1. The monoisotopic (exact) mass is 357 g/mol. The van der Waals surface area contributed by atoms with Gasteiger partial charge in [0.1, 0.15) is 19.5 Å². The average Bonchev–Trinajstić information content (AvgIpc) is 3.33. The predicted molar refractivity (Wildman–Crippen MR) is 91.0 cm³/mol. The van der Waals surface area contributed by atoms with Crippen molar-refractivity contribution in [3.63, 3.8) is 0 Å². The number of hydrogen-bond acceptors (Lipinski definition) is 7. The molecule has 0 radical (unpaired) electrons. The van der Waals surface area contributed by atoms with Gasteiger partial charge in [0.05, 0.1) is 12.5 Å². The molecule has 0 bridgehead atoms. The molecule has 1 N–H and O–H groups in total. The van der Waals surface area contributed by atoms with Gasteiger partial charge in [0.15, 0.2) is 11.5 Å². The van der Waals surface area contributed by atoms with Crippen molar-refractivity contribution < 1.29 is 14.3 Å². The Morgan fingerprint density at radius 3 is 2.92 bits per heavy atom. The Morgan fingerprint density at radius 2 is 2.16 bits per heavy atom. The standard InChI is InChI=1S/C16H15N5O3S/c22-16(18-12-1-2-14-15(7-12)24-5-4-23-14)8-13(11-3-6-25-9-11)21-10-17-19-20-21/h1-3,6-7,9-10,13H,4-5,8H2,(H,18,22)/t13-/m1/s1. The largest absolute Gasteiger partial charge is 0.486 e. The number of benzene rings is 1. The topological polar surface area (TPSA) is 91.2 Å². The van der Waals surface area contributed by atoms with Gasteiger partial charge >= 0.3 is 0 Å². The van der Waals surface area contributed by atoms with E-state index in [4.69, 9.17) is 9.47 Å². The fourth-order valence-electron chi connectivity index (χ4n) is 2.65. The zero-order valence-electron chi connectivity index (χ0n) is 13.2. The lowest BCUT2D eigenvalue weighted by Crippen LogP contribution is -2.21. The molecule has 1 aliphatic heterocycles. The first kappa shape index (κ1) is 15.6. The van der Waals surface area contributed by atoms with Crippen LogP contribution in [0.4, 0.5) is 5.69 Å². The maximum absolute atomic E-state index is 12.5. The molecule has 0 saturated heterocycles. The van der Waals surface area contributed by atoms with Crippen LogP contribution >= 0.6 is 11.3 Å². The van der Waals surface area contributed by atoms with E-state index in [1.165, 1.54) is 6.33 Å². The zero-order valence-corrected chi connectivity index (χ0v) is 14.0. The number of ether oxygens (including phenoxy) is 2. The van der Waals surface area contributed by atoms with Crippen LogP contribution < -0.4 is 14.8 Å². The van der Waals surface area contributed by atoms with Crippen molar-refractivity contribution in [2.45, 2.75) is 12.5 Å². The number of rotatable bonds is 5. The van der Waals surface area contributed by atoms with Gasteiger partial charge in [-0.3, -0.25) is 4.79 Å². The van der Waals surface area contributed by atoms with Crippen molar-refractivity contribution in [2.75, 3.05) is 18.5 Å². The maximum atomic E-state index is 12.5. The van der Waals surface area contributed by atoms with Gasteiger partial charge in [-0.25, -0.2) is 4.68 Å². The molecule has 2 aromatic heterocycles. The summed E-state index contributed by atoms with van der Waals surface area (Å²) in [7, 11) is 0. The van der Waals surface area contributed by atoms with E-state index in [1.54, 1.807) is 34.2 Å². The highest BCUT2D eigenvalue weighted by atomic mass is 32.1. The molecule has 9 heteroatoms. The van der Waals surface area contributed by atoms with E-state index < -0.39 is 0 Å². The second-order valence-corrected chi connectivity index (χ2v) is 6.25. The van der Waals surface area contributed by atoms with Crippen LogP contribution in [0.15, 0.2) is 41.4 Å². The van der Waals surface area contributed by atoms with E-state index in [0.29, 0.717) is 30.4 Å². The molecule has 1 aliphatic rings. The van der Waals surface area contributed by atoms with Gasteiger partial charge in [0.2, 0.25) is 5.91 Å². The molecular weight excluding hydrogens is 342 g/mol. The Kier molecular flexibility index (Phi) is 4.30. The number of tetrazole rings is 1. The SMILES string of the molecule is O=C(C[C@H](c1ccsc1)n1cnnn1)Nc1ccc2c(c1)OCCO2. The number of hydrogen-bond donors (Lipinski definition) is 1. The summed E-state index contributed by atoms with van der Waals surface area (Å²) in [6.07, 6.45) is 1.73. The number of nitrogens with one attached hydrogen (secondary N) is 1. The van der Waals surface area contributed by atoms with Crippen molar-refractivity contribution in [2.24, 2.45) is 0 Å². The first-order chi connectivity index (χ1) is 12.3. The lowest BCUT2D eigenvalue weighted by atomic mass is 10.1. The van der Waals surface area contributed by atoms with Crippen LogP contribution in [-0.2, 0) is 4.79 Å². The van der Waals surface area contributed by atoms with Crippen molar-refractivity contribution in [3.8, 4) is 11.5 Å². The van der Waals surface area contributed by atoms with Crippen LogP contribution in [0.1, 0.15) is 18.0 Å². The Balaban J connectivity index is 1.49. The summed E-state index contributed by atoms with van der Waals surface area (Å²) in [5, 5.41) is 18.1. The maximum Gasteiger partial charge on any atom is 0.226 e. The minimum Gasteiger partial charge on any atom is -0.486 e. The third-order valence-corrected chi connectivity index (χ3v) is 4.52. The summed E-state index contributed by atoms with van der Waals surface area (Å²) < 4.78 is 12.6. The van der Waals surface area contributed by atoms with Crippen LogP contribution in [0.2, 0.25) is 0 Å². The van der Waals surface area contributed by atoms with Gasteiger partial charge in [0.25, 0.3) is 0 Å². The summed E-state index contributed by atoms with van der Waals surface area (Å²) >= 11 is 1.57. The number of thiophene rings is 1. The molecule has 0 unspecified atom stereocenters. The number of nitrogens with zero attached hydrogens (tertiary/aromatic N) is 4. The molecule has 0 saturated carbocycles. The highest BCUT2D eigenvalue weighted by molar-refractivity contribution is 7.08. The molecule has 0 fully saturated rings. The summed E-state index contributed by atoms with van der Waals surface area (Å²) in [5.74, 6) is 1.19. The van der Waals surface area contributed by atoms with Crippen LogP contribution in [0.25, 0.3) is 0 Å². The average molecular weight is 357 g/mol. The molecule has 0 spiro atoms. The molecule has 1 amide bonds. The smallest absolute Gasteiger partial charge is 0.226 e. The van der Waals surface area contributed by atoms with E-state index in [1.807, 2.05) is 16.8 Å². The number of carbonyl (C=O) groups excluding carboxylic acids is 1. The lowest BCUT2D eigenvalue weighted by Gasteiger charge is -2.19. The normalized spacial score (nSPS) is 14.1. The minimum absolute atomic E-state index is 0.136. The quantitative estimate of drug-likeness (QED) is 0.752. The van der Waals surface area contributed by atoms with Gasteiger partial charge in [-0.05, 0) is 44.9 Å². The van der Waals surface area contributed by atoms with Crippen molar-refractivity contribution >= 4 is 22.9 Å². The highest BCUT2D eigenvalue weighted by Crippen LogP contribution is 2.33. The molecule has 1 atom stereocenters. The second kappa shape index (κ2) is 6.89. The van der Waals surface area contributed by atoms with Gasteiger partial charge < -0.3 is 14.8 Å². The van der Waals surface area contributed by atoms with Crippen molar-refractivity contribution in [1.29, 1.82) is 0 Å². The van der Waals surface area contributed by atoms with E-state index in [9.17, 15) is 4.79 Å². The third-order valence-electron chi connectivity index (χ3n) is 3.82. The lowest BCUT2D eigenvalue weighted by molar-refractivity contribution is -0.116. The van der Waals surface area contributed by atoms with E-state index >= 15 is 0 Å². The van der Waals surface area contributed by atoms with Gasteiger partial charge in [-0.2, -0.15) is 11.3 Å². The number of fused-ring (bicyclic) bond motifs is 1. The molecule has 3 aromatic rings. The summed E-state index contributed by atoms with van der Waals surface area (Å²) in [4.78, 5) is 12.5. The van der Waals surface area contributed by atoms with Crippen LogP contribution in [0, 0.1) is 0 Å².